The number of carbonyl (C=O) groups excluding carboxylic acids is 1. The predicted octanol–water partition coefficient (Wildman–Crippen LogP) is 1.95. The average Bonchev–Trinajstić information content (AvgIpc) is 2.37. The number of rotatable bonds is 4. The molecule has 0 unspecified atom stereocenters. The number of hydrogen-bond acceptors (Lipinski definition) is 4. The maximum Gasteiger partial charge on any atom is 0.330 e. The van der Waals surface area contributed by atoms with Crippen LogP contribution in [0.15, 0.2) is 24.3 Å². The smallest absolute Gasteiger partial charge is 0.330 e. The maximum atomic E-state index is 11.0. The maximum absolute atomic E-state index is 11.0. The lowest BCUT2D eigenvalue weighted by atomic mass is 10.0. The molecule has 88 valence electrons. The summed E-state index contributed by atoms with van der Waals surface area (Å²) in [5.41, 5.74) is 1.62. The number of nitrogens with zero attached hydrogens (tertiary/aromatic N) is 1. The summed E-state index contributed by atoms with van der Waals surface area (Å²) in [6.45, 7) is 0. The monoisotopic (exact) mass is 231 g/mol. The molecule has 1 aromatic rings. The Morgan fingerprint density at radius 2 is 2.24 bits per heavy atom. The Hall–Kier alpha value is -2.28. The van der Waals surface area contributed by atoms with Crippen LogP contribution in [0.4, 0.5) is 0 Å². The summed E-state index contributed by atoms with van der Waals surface area (Å²) in [5, 5.41) is 8.72. The van der Waals surface area contributed by atoms with E-state index in [4.69, 9.17) is 10.00 Å². The van der Waals surface area contributed by atoms with Gasteiger partial charge in [-0.05, 0) is 29.3 Å². The van der Waals surface area contributed by atoms with Crippen LogP contribution in [0.3, 0.4) is 0 Å². The molecule has 0 heterocycles. The molecule has 0 aliphatic carbocycles. The van der Waals surface area contributed by atoms with Gasteiger partial charge >= 0.3 is 5.97 Å². The highest BCUT2D eigenvalue weighted by Gasteiger charge is 2.02. The third-order valence-corrected chi connectivity index (χ3v) is 2.22. The number of benzene rings is 1. The fraction of sp³-hybridized carbons (Fsp3) is 0.231. The highest BCUT2D eigenvalue weighted by atomic mass is 16.5. The zero-order valence-electron chi connectivity index (χ0n) is 9.77. The molecule has 0 atom stereocenters. The van der Waals surface area contributed by atoms with Crippen molar-refractivity contribution < 1.29 is 14.3 Å². The minimum absolute atomic E-state index is 0.262. The van der Waals surface area contributed by atoms with Gasteiger partial charge in [0, 0.05) is 6.08 Å². The second kappa shape index (κ2) is 6.33. The van der Waals surface area contributed by atoms with Crippen LogP contribution in [0.1, 0.15) is 11.1 Å². The topological polar surface area (TPSA) is 59.3 Å². The van der Waals surface area contributed by atoms with Crippen LogP contribution in [0.5, 0.6) is 5.75 Å². The van der Waals surface area contributed by atoms with Crippen LogP contribution in [0.2, 0.25) is 0 Å². The van der Waals surface area contributed by atoms with E-state index >= 15 is 0 Å². The Bertz CT molecular complexity index is 472. The second-order valence-corrected chi connectivity index (χ2v) is 3.26. The van der Waals surface area contributed by atoms with E-state index in [0.717, 1.165) is 11.1 Å². The van der Waals surface area contributed by atoms with Gasteiger partial charge in [-0.3, -0.25) is 0 Å². The lowest BCUT2D eigenvalue weighted by Gasteiger charge is -2.05. The molecule has 0 bridgehead atoms. The molecular weight excluding hydrogens is 218 g/mol. The molecule has 0 saturated heterocycles. The van der Waals surface area contributed by atoms with Gasteiger partial charge in [-0.15, -0.1) is 0 Å². The summed E-state index contributed by atoms with van der Waals surface area (Å²) < 4.78 is 9.58. The van der Waals surface area contributed by atoms with E-state index in [1.54, 1.807) is 31.4 Å². The minimum atomic E-state index is -0.427. The molecule has 0 saturated carbocycles. The van der Waals surface area contributed by atoms with E-state index in [1.807, 2.05) is 0 Å². The van der Waals surface area contributed by atoms with Gasteiger partial charge < -0.3 is 9.47 Å². The van der Waals surface area contributed by atoms with Crippen LogP contribution >= 0.6 is 0 Å². The molecule has 0 aliphatic rings. The predicted molar refractivity (Wildman–Crippen MR) is 63.4 cm³/mol. The van der Waals surface area contributed by atoms with E-state index in [-0.39, 0.29) is 6.42 Å². The van der Waals surface area contributed by atoms with Gasteiger partial charge in [0.15, 0.2) is 0 Å². The molecule has 0 aliphatic heterocycles. The normalized spacial score (nSPS) is 9.94. The van der Waals surface area contributed by atoms with Crippen molar-refractivity contribution in [3.05, 3.63) is 35.4 Å². The van der Waals surface area contributed by atoms with Gasteiger partial charge in [-0.1, -0.05) is 6.07 Å². The number of methoxy groups -OCH3 is 2. The van der Waals surface area contributed by atoms with Crippen molar-refractivity contribution >= 4 is 12.0 Å². The van der Waals surface area contributed by atoms with Gasteiger partial charge in [0.2, 0.25) is 0 Å². The minimum Gasteiger partial charge on any atom is -0.497 e. The molecule has 0 fully saturated rings. The third-order valence-electron chi connectivity index (χ3n) is 2.22. The van der Waals surface area contributed by atoms with Crippen molar-refractivity contribution in [1.82, 2.24) is 0 Å². The summed E-state index contributed by atoms with van der Waals surface area (Å²) >= 11 is 0. The number of hydrogen-bond donors (Lipinski definition) is 0. The summed E-state index contributed by atoms with van der Waals surface area (Å²) in [6, 6.07) is 7.42. The van der Waals surface area contributed by atoms with Crippen LogP contribution in [-0.2, 0) is 16.0 Å². The van der Waals surface area contributed by atoms with Gasteiger partial charge in [-0.25, -0.2) is 4.79 Å². The van der Waals surface area contributed by atoms with Crippen LogP contribution in [-0.4, -0.2) is 20.2 Å². The van der Waals surface area contributed by atoms with Crippen molar-refractivity contribution in [2.45, 2.75) is 6.42 Å². The fourth-order valence-electron chi connectivity index (χ4n) is 1.34. The first-order valence-corrected chi connectivity index (χ1v) is 5.01. The van der Waals surface area contributed by atoms with Gasteiger partial charge in [0.05, 0.1) is 26.7 Å². The first-order chi connectivity index (χ1) is 8.21. The molecule has 4 heteroatoms. The molecule has 0 radical (unpaired) electrons. The second-order valence-electron chi connectivity index (χ2n) is 3.26. The van der Waals surface area contributed by atoms with Gasteiger partial charge in [-0.2, -0.15) is 5.26 Å². The molecule has 0 amide bonds. The first-order valence-electron chi connectivity index (χ1n) is 5.01. The highest BCUT2D eigenvalue weighted by molar-refractivity contribution is 5.87. The zero-order valence-corrected chi connectivity index (χ0v) is 9.77. The molecule has 0 N–H and O–H groups in total. The number of carbonyl (C=O) groups is 1. The lowest BCUT2D eigenvalue weighted by molar-refractivity contribution is -0.134. The molecule has 0 spiro atoms. The average molecular weight is 231 g/mol. The number of esters is 1. The molecular formula is C13H13NO3. The van der Waals surface area contributed by atoms with Crippen LogP contribution in [0, 0.1) is 11.3 Å². The Kier molecular flexibility index (Phi) is 4.77. The van der Waals surface area contributed by atoms with Crippen molar-refractivity contribution in [3.8, 4) is 11.8 Å². The Balaban J connectivity index is 3.02. The highest BCUT2D eigenvalue weighted by Crippen LogP contribution is 2.19. The number of nitriles is 1. The van der Waals surface area contributed by atoms with Crippen molar-refractivity contribution in [1.29, 1.82) is 5.26 Å². The fourth-order valence-corrected chi connectivity index (χ4v) is 1.34. The lowest BCUT2D eigenvalue weighted by Crippen LogP contribution is -1.95. The Morgan fingerprint density at radius 3 is 2.82 bits per heavy atom. The van der Waals surface area contributed by atoms with Crippen molar-refractivity contribution in [3.63, 3.8) is 0 Å². The quantitative estimate of drug-likeness (QED) is 0.587. The summed E-state index contributed by atoms with van der Waals surface area (Å²) in [7, 11) is 2.88. The van der Waals surface area contributed by atoms with Gasteiger partial charge in [0.25, 0.3) is 0 Å². The van der Waals surface area contributed by atoms with Crippen molar-refractivity contribution in [2.75, 3.05) is 14.2 Å². The van der Waals surface area contributed by atoms with Crippen LogP contribution in [0.25, 0.3) is 6.08 Å². The summed E-state index contributed by atoms with van der Waals surface area (Å²) in [5.74, 6) is 0.259. The van der Waals surface area contributed by atoms with Crippen LogP contribution < -0.4 is 4.74 Å². The van der Waals surface area contributed by atoms with E-state index in [0.29, 0.717) is 5.75 Å². The molecule has 1 aromatic carbocycles. The van der Waals surface area contributed by atoms with E-state index in [2.05, 4.69) is 10.8 Å². The number of ether oxygens (including phenoxy) is 2. The Morgan fingerprint density at radius 1 is 1.47 bits per heavy atom. The first kappa shape index (κ1) is 12.8. The molecule has 4 nitrogen and oxygen atoms in total. The molecule has 0 aromatic heterocycles. The van der Waals surface area contributed by atoms with E-state index in [1.165, 1.54) is 13.2 Å². The largest absolute Gasteiger partial charge is 0.497 e. The molecule has 17 heavy (non-hydrogen) atoms. The third kappa shape index (κ3) is 3.65. The van der Waals surface area contributed by atoms with E-state index in [9.17, 15) is 4.79 Å². The standard InChI is InChI=1S/C13H13NO3/c1-16-12-5-3-10(4-6-13(15)17-2)11(9-12)7-8-14/h3-6,9H,7H2,1-2H3/b6-4+. The van der Waals surface area contributed by atoms with E-state index < -0.39 is 5.97 Å². The van der Waals surface area contributed by atoms with Gasteiger partial charge in [0.1, 0.15) is 5.75 Å². The van der Waals surface area contributed by atoms with Crippen molar-refractivity contribution in [2.24, 2.45) is 0 Å². The molecule has 1 rings (SSSR count). The Labute approximate surface area is 100 Å². The zero-order chi connectivity index (χ0) is 12.7. The summed E-state index contributed by atoms with van der Waals surface area (Å²) in [6.07, 6.45) is 3.21. The summed E-state index contributed by atoms with van der Waals surface area (Å²) in [4.78, 5) is 11.0. The SMILES string of the molecule is COC(=O)/C=C/c1ccc(OC)cc1CC#N.